The summed E-state index contributed by atoms with van der Waals surface area (Å²) in [5.41, 5.74) is 1.51. The largest absolute Gasteiger partial charge is 0.490 e. The van der Waals surface area contributed by atoms with Crippen molar-refractivity contribution in [3.05, 3.63) is 45.2 Å². The first-order chi connectivity index (χ1) is 10.5. The summed E-state index contributed by atoms with van der Waals surface area (Å²) in [5.74, 6) is -0.238. The number of rotatable bonds is 3. The molecule has 116 valence electrons. The van der Waals surface area contributed by atoms with Crippen molar-refractivity contribution in [2.75, 3.05) is 6.61 Å². The van der Waals surface area contributed by atoms with Gasteiger partial charge >= 0.3 is 0 Å². The molecule has 1 aromatic heterocycles. The highest BCUT2D eigenvalue weighted by Crippen LogP contribution is 2.34. The van der Waals surface area contributed by atoms with Crippen molar-refractivity contribution in [1.82, 2.24) is 10.3 Å². The number of hydrogen-bond donors (Lipinski definition) is 1. The molecule has 0 bridgehead atoms. The van der Waals surface area contributed by atoms with Crippen LogP contribution in [0.4, 0.5) is 4.39 Å². The number of aryl methyl sites for hydroxylation is 2. The van der Waals surface area contributed by atoms with Crippen LogP contribution < -0.4 is 10.1 Å². The second-order valence-electron chi connectivity index (χ2n) is 5.33. The molecular weight excluding hydrogens is 303 g/mol. The van der Waals surface area contributed by atoms with Gasteiger partial charge in [-0.2, -0.15) is 0 Å². The summed E-state index contributed by atoms with van der Waals surface area (Å²) in [6.45, 7) is 4.29. The summed E-state index contributed by atoms with van der Waals surface area (Å²) in [7, 11) is 0. The van der Waals surface area contributed by atoms with E-state index in [0.29, 0.717) is 18.6 Å². The number of halogens is 1. The monoisotopic (exact) mass is 320 g/mol. The fourth-order valence-corrected chi connectivity index (χ4v) is 3.50. The second-order valence-corrected chi connectivity index (χ2v) is 6.74. The summed E-state index contributed by atoms with van der Waals surface area (Å²) >= 11 is 1.59. The minimum Gasteiger partial charge on any atom is -0.490 e. The average Bonchev–Trinajstić information content (AvgIpc) is 2.78. The Morgan fingerprint density at radius 1 is 1.50 bits per heavy atom. The van der Waals surface area contributed by atoms with E-state index in [4.69, 9.17) is 4.74 Å². The quantitative estimate of drug-likeness (QED) is 0.945. The Labute approximate surface area is 132 Å². The Kier molecular flexibility index (Phi) is 4.11. The Hall–Kier alpha value is -1.95. The van der Waals surface area contributed by atoms with Gasteiger partial charge in [-0.25, -0.2) is 9.37 Å². The molecule has 1 N–H and O–H groups in total. The van der Waals surface area contributed by atoms with Gasteiger partial charge in [-0.1, -0.05) is 12.1 Å². The number of ether oxygens (including phenoxy) is 1. The van der Waals surface area contributed by atoms with Gasteiger partial charge in [0, 0.05) is 16.9 Å². The van der Waals surface area contributed by atoms with E-state index < -0.39 is 0 Å². The van der Waals surface area contributed by atoms with Crippen molar-refractivity contribution in [1.29, 1.82) is 0 Å². The van der Waals surface area contributed by atoms with E-state index in [0.717, 1.165) is 15.6 Å². The minimum atomic E-state index is -0.387. The third kappa shape index (κ3) is 2.97. The molecular formula is C16H17FN2O2S. The Balaban J connectivity index is 1.73. The number of hydrogen-bond acceptors (Lipinski definition) is 4. The molecule has 1 amide bonds. The van der Waals surface area contributed by atoms with Crippen molar-refractivity contribution >= 4 is 17.2 Å². The number of fused-ring (bicyclic) bond motifs is 1. The molecule has 0 radical (unpaired) electrons. The summed E-state index contributed by atoms with van der Waals surface area (Å²) in [5, 5.41) is 3.92. The topological polar surface area (TPSA) is 51.2 Å². The zero-order chi connectivity index (χ0) is 15.7. The Bertz CT molecular complexity index is 714. The van der Waals surface area contributed by atoms with Crippen LogP contribution in [-0.2, 0) is 11.2 Å². The number of carbonyl (C=O) groups excluding carboxylic acids is 1. The van der Waals surface area contributed by atoms with Gasteiger partial charge in [0.25, 0.3) is 0 Å². The summed E-state index contributed by atoms with van der Waals surface area (Å²) in [6.07, 6.45) is 0.884. The maximum Gasteiger partial charge on any atom is 0.226 e. The Morgan fingerprint density at radius 3 is 3.05 bits per heavy atom. The zero-order valence-electron chi connectivity index (χ0n) is 12.5. The van der Waals surface area contributed by atoms with Crippen LogP contribution in [0.25, 0.3) is 0 Å². The van der Waals surface area contributed by atoms with Gasteiger partial charge in [0.15, 0.2) is 11.6 Å². The van der Waals surface area contributed by atoms with Crippen LogP contribution in [0.1, 0.15) is 33.6 Å². The first kappa shape index (κ1) is 15.0. The van der Waals surface area contributed by atoms with Crippen LogP contribution in [0.15, 0.2) is 18.2 Å². The van der Waals surface area contributed by atoms with Crippen LogP contribution in [0.3, 0.4) is 0 Å². The molecule has 3 rings (SSSR count). The highest BCUT2D eigenvalue weighted by Gasteiger charge is 2.25. The number of nitrogens with one attached hydrogen (secondary N) is 1. The number of para-hydroxylation sites is 1. The summed E-state index contributed by atoms with van der Waals surface area (Å²) in [4.78, 5) is 17.7. The van der Waals surface area contributed by atoms with Crippen LogP contribution in [0, 0.1) is 19.7 Å². The number of aromatic nitrogens is 1. The van der Waals surface area contributed by atoms with Gasteiger partial charge in [0.2, 0.25) is 5.91 Å². The first-order valence-corrected chi connectivity index (χ1v) is 7.99. The van der Waals surface area contributed by atoms with E-state index >= 15 is 0 Å². The molecule has 1 aromatic carbocycles. The fourth-order valence-electron chi connectivity index (χ4n) is 2.67. The molecule has 0 saturated carbocycles. The molecule has 0 spiro atoms. The maximum atomic E-state index is 13.7. The van der Waals surface area contributed by atoms with E-state index in [-0.39, 0.29) is 29.9 Å². The van der Waals surface area contributed by atoms with Crippen molar-refractivity contribution in [2.45, 2.75) is 32.7 Å². The SMILES string of the molecule is Cc1nc(CC(=O)N[C@H]2CCOc3c(F)cccc32)c(C)s1. The summed E-state index contributed by atoms with van der Waals surface area (Å²) < 4.78 is 19.1. The standard InChI is InChI=1S/C16H17FN2O2S/c1-9-14(18-10(2)22-9)8-15(20)19-13-6-7-21-16-11(13)4-3-5-12(16)17/h3-5,13H,6-8H2,1-2H3,(H,19,20)/t13-/m0/s1. The van der Waals surface area contributed by atoms with Crippen molar-refractivity contribution in [3.8, 4) is 5.75 Å². The number of carbonyl (C=O) groups is 1. The number of nitrogens with zero attached hydrogens (tertiary/aromatic N) is 1. The van der Waals surface area contributed by atoms with Crippen LogP contribution >= 0.6 is 11.3 Å². The third-order valence-electron chi connectivity index (χ3n) is 3.69. The van der Waals surface area contributed by atoms with E-state index in [1.807, 2.05) is 13.8 Å². The number of benzene rings is 1. The van der Waals surface area contributed by atoms with Crippen molar-refractivity contribution in [2.24, 2.45) is 0 Å². The molecule has 1 aliphatic rings. The van der Waals surface area contributed by atoms with Crippen LogP contribution in [-0.4, -0.2) is 17.5 Å². The molecule has 1 atom stereocenters. The lowest BCUT2D eigenvalue weighted by atomic mass is 10.00. The molecule has 22 heavy (non-hydrogen) atoms. The van der Waals surface area contributed by atoms with E-state index in [9.17, 15) is 9.18 Å². The molecule has 2 aromatic rings. The highest BCUT2D eigenvalue weighted by atomic mass is 32.1. The zero-order valence-corrected chi connectivity index (χ0v) is 13.3. The average molecular weight is 320 g/mol. The van der Waals surface area contributed by atoms with Crippen molar-refractivity contribution < 1.29 is 13.9 Å². The van der Waals surface area contributed by atoms with Gasteiger partial charge in [-0.3, -0.25) is 4.79 Å². The Morgan fingerprint density at radius 2 is 2.32 bits per heavy atom. The maximum absolute atomic E-state index is 13.7. The first-order valence-electron chi connectivity index (χ1n) is 7.18. The third-order valence-corrected chi connectivity index (χ3v) is 4.62. The normalized spacial score (nSPS) is 16.8. The fraction of sp³-hybridized carbons (Fsp3) is 0.375. The molecule has 4 nitrogen and oxygen atoms in total. The predicted octanol–water partition coefficient (Wildman–Crippen LogP) is 3.08. The van der Waals surface area contributed by atoms with Gasteiger partial charge in [0.05, 0.1) is 29.8 Å². The predicted molar refractivity (Wildman–Crippen MR) is 82.7 cm³/mol. The van der Waals surface area contributed by atoms with E-state index in [1.165, 1.54) is 6.07 Å². The lowest BCUT2D eigenvalue weighted by Gasteiger charge is -2.26. The molecule has 0 aliphatic carbocycles. The smallest absolute Gasteiger partial charge is 0.226 e. The number of amides is 1. The molecule has 1 aliphatic heterocycles. The molecule has 2 heterocycles. The second kappa shape index (κ2) is 6.04. The van der Waals surface area contributed by atoms with E-state index in [1.54, 1.807) is 23.5 Å². The van der Waals surface area contributed by atoms with Gasteiger partial charge in [-0.15, -0.1) is 11.3 Å². The number of thiazole rings is 1. The molecule has 0 saturated heterocycles. The lowest BCUT2D eigenvalue weighted by molar-refractivity contribution is -0.121. The lowest BCUT2D eigenvalue weighted by Crippen LogP contribution is -2.33. The van der Waals surface area contributed by atoms with Crippen LogP contribution in [0.2, 0.25) is 0 Å². The summed E-state index contributed by atoms with van der Waals surface area (Å²) in [6, 6.07) is 4.58. The van der Waals surface area contributed by atoms with Gasteiger partial charge in [0.1, 0.15) is 0 Å². The van der Waals surface area contributed by atoms with Gasteiger partial charge in [-0.05, 0) is 19.9 Å². The molecule has 0 fully saturated rings. The van der Waals surface area contributed by atoms with Gasteiger partial charge < -0.3 is 10.1 Å². The van der Waals surface area contributed by atoms with Crippen molar-refractivity contribution in [3.63, 3.8) is 0 Å². The van der Waals surface area contributed by atoms with Crippen LogP contribution in [0.5, 0.6) is 5.75 Å². The highest BCUT2D eigenvalue weighted by molar-refractivity contribution is 7.11. The minimum absolute atomic E-state index is 0.101. The van der Waals surface area contributed by atoms with E-state index in [2.05, 4.69) is 10.3 Å². The molecule has 0 unspecified atom stereocenters. The molecule has 6 heteroatoms.